The second kappa shape index (κ2) is 15.4. The van der Waals surface area contributed by atoms with Gasteiger partial charge in [-0.25, -0.2) is 0 Å². The molecule has 1 aromatic rings. The number of hydrogen-bond donors (Lipinski definition) is 2. The lowest BCUT2D eigenvalue weighted by Gasteiger charge is -2.06. The summed E-state index contributed by atoms with van der Waals surface area (Å²) in [5.74, 6) is 7.25. The van der Waals surface area contributed by atoms with Crippen molar-refractivity contribution in [1.29, 1.82) is 0 Å². The molecule has 1 rings (SSSR count). The van der Waals surface area contributed by atoms with E-state index in [1.54, 1.807) is 0 Å². The highest BCUT2D eigenvalue weighted by molar-refractivity contribution is 7.86. The van der Waals surface area contributed by atoms with Crippen LogP contribution in [-0.4, -0.2) is 30.1 Å². The molecule has 0 radical (unpaired) electrons. The van der Waals surface area contributed by atoms with Gasteiger partial charge in [-0.3, -0.25) is 4.55 Å². The number of unbranched alkanes of at least 4 members (excludes halogenated alkanes) is 9. The zero-order chi connectivity index (χ0) is 20.5. The maximum Gasteiger partial charge on any atom is 0.291 e. The second-order valence-corrected chi connectivity index (χ2v) is 8.53. The molecule has 0 bridgehead atoms. The zero-order valence-electron chi connectivity index (χ0n) is 16.7. The van der Waals surface area contributed by atoms with Crippen LogP contribution in [0.5, 0.6) is 5.75 Å². The fourth-order valence-corrected chi connectivity index (χ4v) is 3.30. The molecule has 0 spiro atoms. The predicted octanol–water partition coefficient (Wildman–Crippen LogP) is 4.96. The van der Waals surface area contributed by atoms with Crippen LogP contribution in [0.3, 0.4) is 0 Å². The van der Waals surface area contributed by atoms with Gasteiger partial charge in [0.05, 0.1) is 6.61 Å². The molecule has 5 nitrogen and oxygen atoms in total. The summed E-state index contributed by atoms with van der Waals surface area (Å²) in [6.07, 6.45) is 11.4. The lowest BCUT2D eigenvalue weighted by molar-refractivity contribution is 0.219. The third-order valence-corrected chi connectivity index (χ3v) is 5.38. The summed E-state index contributed by atoms with van der Waals surface area (Å²) in [6, 6.07) is 9.78. The van der Waals surface area contributed by atoms with Crippen molar-refractivity contribution < 1.29 is 22.8 Å². The molecular weight excluding hydrogens is 376 g/mol. The normalized spacial score (nSPS) is 12.2. The molecule has 1 atom stereocenters. The molecule has 158 valence electrons. The molecule has 0 amide bonds. The fourth-order valence-electron chi connectivity index (χ4n) is 2.83. The van der Waals surface area contributed by atoms with E-state index in [0.717, 1.165) is 44.3 Å². The predicted molar refractivity (Wildman–Crippen MR) is 113 cm³/mol. The van der Waals surface area contributed by atoms with Crippen molar-refractivity contribution >= 4 is 10.1 Å². The van der Waals surface area contributed by atoms with E-state index in [4.69, 9.17) is 9.29 Å². The molecule has 2 N–H and O–H groups in total. The van der Waals surface area contributed by atoms with Crippen LogP contribution in [0, 0.1) is 11.8 Å². The first-order valence-electron chi connectivity index (χ1n) is 10.3. The highest BCUT2D eigenvalue weighted by atomic mass is 32.2. The molecule has 0 aliphatic heterocycles. The summed E-state index contributed by atoms with van der Waals surface area (Å²) < 4.78 is 35.6. The van der Waals surface area contributed by atoms with Crippen LogP contribution in [0.2, 0.25) is 0 Å². The van der Waals surface area contributed by atoms with Gasteiger partial charge in [0, 0.05) is 12.8 Å². The Labute approximate surface area is 170 Å². The van der Waals surface area contributed by atoms with Crippen molar-refractivity contribution in [2.24, 2.45) is 0 Å². The first-order chi connectivity index (χ1) is 13.5. The first kappa shape index (κ1) is 24.5. The molecule has 0 saturated carbocycles. The maximum atomic E-state index is 10.7. The van der Waals surface area contributed by atoms with E-state index in [1.807, 2.05) is 30.3 Å². The molecule has 0 aromatic heterocycles. The van der Waals surface area contributed by atoms with Crippen LogP contribution in [0.1, 0.15) is 77.0 Å². The summed E-state index contributed by atoms with van der Waals surface area (Å²) in [6.45, 7) is 0.631. The largest absolute Gasteiger partial charge is 0.493 e. The smallest absolute Gasteiger partial charge is 0.291 e. The average molecular weight is 411 g/mol. The Kier molecular flexibility index (Phi) is 13.5. The zero-order valence-corrected chi connectivity index (χ0v) is 17.5. The number of para-hydroxylation sites is 1. The van der Waals surface area contributed by atoms with E-state index < -0.39 is 15.6 Å². The van der Waals surface area contributed by atoms with Crippen molar-refractivity contribution in [3.05, 3.63) is 30.3 Å². The minimum atomic E-state index is -4.29. The lowest BCUT2D eigenvalue weighted by atomic mass is 10.1. The van der Waals surface area contributed by atoms with Gasteiger partial charge in [-0.2, -0.15) is 8.42 Å². The van der Waals surface area contributed by atoms with Gasteiger partial charge in [-0.1, -0.05) is 69.1 Å². The van der Waals surface area contributed by atoms with Crippen molar-refractivity contribution in [3.63, 3.8) is 0 Å². The van der Waals surface area contributed by atoms with E-state index in [1.165, 1.54) is 25.7 Å². The average Bonchev–Trinajstić information content (AvgIpc) is 2.67. The molecule has 0 fully saturated rings. The number of hydrogen-bond acceptors (Lipinski definition) is 4. The Balaban J connectivity index is 1.82. The van der Waals surface area contributed by atoms with E-state index in [2.05, 4.69) is 11.8 Å². The van der Waals surface area contributed by atoms with Gasteiger partial charge in [-0.15, -0.1) is 5.92 Å². The number of ether oxygens (including phenoxy) is 1. The van der Waals surface area contributed by atoms with Crippen LogP contribution in [0.4, 0.5) is 0 Å². The second-order valence-electron chi connectivity index (χ2n) is 6.96. The third kappa shape index (κ3) is 13.6. The van der Waals surface area contributed by atoms with Gasteiger partial charge in [0.15, 0.2) is 5.44 Å². The molecule has 1 aromatic carbocycles. The number of aliphatic hydroxyl groups excluding tert-OH is 1. The minimum absolute atomic E-state index is 0.109. The Morgan fingerprint density at radius 3 is 1.96 bits per heavy atom. The monoisotopic (exact) mass is 410 g/mol. The van der Waals surface area contributed by atoms with Crippen LogP contribution in [0.15, 0.2) is 30.3 Å². The maximum absolute atomic E-state index is 10.7. The summed E-state index contributed by atoms with van der Waals surface area (Å²) in [7, 11) is -4.29. The summed E-state index contributed by atoms with van der Waals surface area (Å²) in [5, 5.41) is 9.18. The molecule has 6 heteroatoms. The highest BCUT2D eigenvalue weighted by Gasteiger charge is 2.18. The van der Waals surface area contributed by atoms with Gasteiger partial charge in [0.25, 0.3) is 10.1 Å². The van der Waals surface area contributed by atoms with Crippen LogP contribution in [-0.2, 0) is 10.1 Å². The van der Waals surface area contributed by atoms with E-state index in [9.17, 15) is 13.5 Å². The summed E-state index contributed by atoms with van der Waals surface area (Å²) >= 11 is 0. The Hall–Kier alpha value is -1.55. The van der Waals surface area contributed by atoms with Gasteiger partial charge in [0.2, 0.25) is 0 Å². The van der Waals surface area contributed by atoms with Gasteiger partial charge in [0.1, 0.15) is 5.75 Å². The number of rotatable bonds is 15. The van der Waals surface area contributed by atoms with Crippen molar-refractivity contribution in [3.8, 4) is 17.6 Å². The van der Waals surface area contributed by atoms with Crippen molar-refractivity contribution in [1.82, 2.24) is 0 Å². The third-order valence-electron chi connectivity index (χ3n) is 4.46. The molecule has 0 aliphatic rings. The van der Waals surface area contributed by atoms with E-state index in [-0.39, 0.29) is 6.42 Å². The number of benzene rings is 1. The molecule has 0 saturated heterocycles. The van der Waals surface area contributed by atoms with Crippen LogP contribution < -0.4 is 4.74 Å². The quantitative estimate of drug-likeness (QED) is 0.243. The fraction of sp³-hybridized carbons (Fsp3) is 0.636. The summed E-state index contributed by atoms with van der Waals surface area (Å²) in [4.78, 5) is 0. The topological polar surface area (TPSA) is 83.8 Å². The van der Waals surface area contributed by atoms with Crippen molar-refractivity contribution in [2.45, 2.75) is 82.5 Å². The van der Waals surface area contributed by atoms with E-state index >= 15 is 0 Å². The van der Waals surface area contributed by atoms with E-state index in [0.29, 0.717) is 13.0 Å². The van der Waals surface area contributed by atoms with Crippen LogP contribution in [0.25, 0.3) is 0 Å². The standard InChI is InChI=1S/C22H34O5S/c23-22(28(24,25)26)19-15-10-8-6-4-2-1-3-5-7-9-11-16-20-27-21-17-13-12-14-18-21/h12-14,17-18,22-23H,1-8,10,15-16,19-20H2,(H,24,25,26)/t22-/m1/s1. The summed E-state index contributed by atoms with van der Waals surface area (Å²) in [5.41, 5.74) is -1.63. The molecule has 28 heavy (non-hydrogen) atoms. The van der Waals surface area contributed by atoms with Gasteiger partial charge >= 0.3 is 0 Å². The Bertz CT molecular complexity index is 661. The molecule has 0 heterocycles. The Morgan fingerprint density at radius 2 is 1.36 bits per heavy atom. The van der Waals surface area contributed by atoms with Gasteiger partial charge < -0.3 is 9.84 Å². The van der Waals surface area contributed by atoms with Crippen LogP contribution >= 0.6 is 0 Å². The molecule has 0 aliphatic carbocycles. The minimum Gasteiger partial charge on any atom is -0.493 e. The Morgan fingerprint density at radius 1 is 0.821 bits per heavy atom. The lowest BCUT2D eigenvalue weighted by Crippen LogP contribution is -2.19. The molecule has 0 unspecified atom stereocenters. The molecular formula is C22H34O5S. The number of aliphatic hydroxyl groups is 1. The highest BCUT2D eigenvalue weighted by Crippen LogP contribution is 2.13. The first-order valence-corrected chi connectivity index (χ1v) is 11.8. The SMILES string of the molecule is O=S(=O)(O)[C@@H](O)CCCCCCCCCCCC#CCCOc1ccccc1. The van der Waals surface area contributed by atoms with Gasteiger partial charge in [-0.05, 0) is 31.4 Å². The van der Waals surface area contributed by atoms with Crippen molar-refractivity contribution in [2.75, 3.05) is 6.61 Å².